The number of ether oxygens (including phenoxy) is 1. The maximum Gasteiger partial charge on any atom is 0.319 e. The zero-order valence-electron chi connectivity index (χ0n) is 16.8. The van der Waals surface area contributed by atoms with E-state index in [4.69, 9.17) is 4.74 Å². The lowest BCUT2D eigenvalue weighted by Gasteiger charge is -2.34. The highest BCUT2D eigenvalue weighted by molar-refractivity contribution is 5.93. The molecule has 2 N–H and O–H groups in total. The van der Waals surface area contributed by atoms with Crippen molar-refractivity contribution in [2.45, 2.75) is 25.4 Å². The molecule has 6 nitrogen and oxygen atoms in total. The fourth-order valence-corrected chi connectivity index (χ4v) is 3.97. The van der Waals surface area contributed by atoms with E-state index in [9.17, 15) is 4.79 Å². The highest BCUT2D eigenvalue weighted by atomic mass is 16.5. The number of benzene rings is 2. The quantitative estimate of drug-likeness (QED) is 0.665. The van der Waals surface area contributed by atoms with Crippen LogP contribution in [0.15, 0.2) is 60.8 Å². The van der Waals surface area contributed by atoms with Gasteiger partial charge < -0.3 is 24.8 Å². The van der Waals surface area contributed by atoms with Crippen LogP contribution in [0.25, 0.3) is 10.9 Å². The van der Waals surface area contributed by atoms with Gasteiger partial charge in [-0.25, -0.2) is 4.79 Å². The van der Waals surface area contributed by atoms with Crippen molar-refractivity contribution in [3.8, 4) is 0 Å². The molecule has 0 bridgehead atoms. The van der Waals surface area contributed by atoms with Gasteiger partial charge in [0.25, 0.3) is 0 Å². The summed E-state index contributed by atoms with van der Waals surface area (Å²) in [6.45, 7) is 3.30. The number of rotatable bonds is 6. The lowest BCUT2D eigenvalue weighted by molar-refractivity contribution is 0.188. The third-order valence-electron chi connectivity index (χ3n) is 5.45. The van der Waals surface area contributed by atoms with E-state index in [1.165, 1.54) is 5.69 Å². The lowest BCUT2D eigenvalue weighted by Crippen LogP contribution is -2.49. The van der Waals surface area contributed by atoms with Crippen molar-refractivity contribution in [3.63, 3.8) is 0 Å². The zero-order valence-corrected chi connectivity index (χ0v) is 16.8. The first-order valence-electron chi connectivity index (χ1n) is 10.2. The Morgan fingerprint density at radius 3 is 2.86 bits per heavy atom. The summed E-state index contributed by atoms with van der Waals surface area (Å²) in [6.07, 6.45) is 4.11. The summed E-state index contributed by atoms with van der Waals surface area (Å²) in [5.74, 6) is 0. The van der Waals surface area contributed by atoms with Crippen molar-refractivity contribution in [3.05, 3.63) is 60.8 Å². The Morgan fingerprint density at radius 2 is 2.03 bits per heavy atom. The number of hydrogen-bond donors (Lipinski definition) is 2. The summed E-state index contributed by atoms with van der Waals surface area (Å²) in [7, 11) is 1.70. The van der Waals surface area contributed by atoms with Crippen LogP contribution in [0, 0.1) is 0 Å². The molecule has 1 saturated heterocycles. The number of carbonyl (C=O) groups excluding carboxylic acids is 1. The van der Waals surface area contributed by atoms with Crippen LogP contribution >= 0.6 is 0 Å². The third kappa shape index (κ3) is 4.71. The van der Waals surface area contributed by atoms with Gasteiger partial charge in [0.1, 0.15) is 0 Å². The number of urea groups is 1. The van der Waals surface area contributed by atoms with Crippen LogP contribution in [0.4, 0.5) is 16.2 Å². The number of piperidine rings is 1. The second-order valence-electron chi connectivity index (χ2n) is 7.49. The van der Waals surface area contributed by atoms with Crippen LogP contribution in [0.2, 0.25) is 0 Å². The molecule has 0 saturated carbocycles. The molecule has 6 heteroatoms. The van der Waals surface area contributed by atoms with Crippen molar-refractivity contribution in [2.75, 3.05) is 37.0 Å². The molecule has 1 atom stereocenters. The molecule has 0 spiro atoms. The summed E-state index contributed by atoms with van der Waals surface area (Å²) < 4.78 is 7.32. The van der Waals surface area contributed by atoms with E-state index in [0.717, 1.165) is 49.1 Å². The average Bonchev–Trinajstić information content (AvgIpc) is 3.15. The summed E-state index contributed by atoms with van der Waals surface area (Å²) in [5, 5.41) is 7.29. The van der Waals surface area contributed by atoms with E-state index in [2.05, 4.69) is 50.4 Å². The number of amides is 2. The third-order valence-corrected chi connectivity index (χ3v) is 5.45. The Hall–Kier alpha value is -2.99. The Bertz CT molecular complexity index is 954. The minimum absolute atomic E-state index is 0.137. The predicted octanol–water partition coefficient (Wildman–Crippen LogP) is 4.08. The Morgan fingerprint density at radius 1 is 1.17 bits per heavy atom. The van der Waals surface area contributed by atoms with Crippen LogP contribution in [0.1, 0.15) is 12.8 Å². The number of anilines is 2. The van der Waals surface area contributed by atoms with Crippen LogP contribution in [0.5, 0.6) is 0 Å². The van der Waals surface area contributed by atoms with Gasteiger partial charge in [0, 0.05) is 50.4 Å². The molecule has 0 radical (unpaired) electrons. The summed E-state index contributed by atoms with van der Waals surface area (Å²) in [6, 6.07) is 18.4. The van der Waals surface area contributed by atoms with Gasteiger partial charge in [-0.3, -0.25) is 0 Å². The minimum atomic E-state index is -0.153. The smallest absolute Gasteiger partial charge is 0.319 e. The Labute approximate surface area is 171 Å². The van der Waals surface area contributed by atoms with E-state index in [0.29, 0.717) is 6.61 Å². The lowest BCUT2D eigenvalue weighted by atomic mass is 10.1. The van der Waals surface area contributed by atoms with E-state index in [1.54, 1.807) is 7.11 Å². The van der Waals surface area contributed by atoms with Crippen LogP contribution in [-0.2, 0) is 11.3 Å². The minimum Gasteiger partial charge on any atom is -0.383 e. The second kappa shape index (κ2) is 9.01. The van der Waals surface area contributed by atoms with Crippen molar-refractivity contribution >= 4 is 28.3 Å². The van der Waals surface area contributed by atoms with Crippen molar-refractivity contribution in [1.82, 2.24) is 9.88 Å². The highest BCUT2D eigenvalue weighted by Gasteiger charge is 2.21. The predicted molar refractivity (Wildman–Crippen MR) is 118 cm³/mol. The molecule has 2 heterocycles. The molecule has 3 aromatic rings. The standard InChI is InChI=1S/C23H28N4O2/c1-29-15-14-26-13-11-18-9-10-19(16-22(18)26)24-23(28)25-20-6-5-12-27(17-20)21-7-3-2-4-8-21/h2-4,7-11,13,16,20H,5-6,12,14-15,17H2,1H3,(H2,24,25,28). The van der Waals surface area contributed by atoms with Gasteiger partial charge in [0.2, 0.25) is 0 Å². The number of fused-ring (bicyclic) bond motifs is 1. The van der Waals surface area contributed by atoms with E-state index < -0.39 is 0 Å². The molecular formula is C23H28N4O2. The van der Waals surface area contributed by atoms with Crippen molar-refractivity contribution < 1.29 is 9.53 Å². The molecule has 2 aromatic carbocycles. The van der Waals surface area contributed by atoms with Crippen LogP contribution in [0.3, 0.4) is 0 Å². The molecule has 1 aliphatic rings. The Balaban J connectivity index is 1.38. The van der Waals surface area contributed by atoms with Gasteiger partial charge in [-0.2, -0.15) is 0 Å². The highest BCUT2D eigenvalue weighted by Crippen LogP contribution is 2.22. The summed E-state index contributed by atoms with van der Waals surface area (Å²) >= 11 is 0. The number of nitrogens with zero attached hydrogens (tertiary/aromatic N) is 2. The van der Waals surface area contributed by atoms with E-state index >= 15 is 0 Å². The largest absolute Gasteiger partial charge is 0.383 e. The fraction of sp³-hybridized carbons (Fsp3) is 0.348. The molecular weight excluding hydrogens is 364 g/mol. The fourth-order valence-electron chi connectivity index (χ4n) is 3.97. The van der Waals surface area contributed by atoms with Gasteiger partial charge >= 0.3 is 6.03 Å². The average molecular weight is 393 g/mol. The SMILES string of the molecule is COCCn1ccc2ccc(NC(=O)NC3CCCN(c4ccccc4)C3)cc21. The molecule has 1 fully saturated rings. The molecule has 1 aromatic heterocycles. The van der Waals surface area contributed by atoms with E-state index in [1.807, 2.05) is 30.5 Å². The normalized spacial score (nSPS) is 16.7. The molecule has 1 unspecified atom stereocenters. The number of nitrogens with one attached hydrogen (secondary N) is 2. The first kappa shape index (κ1) is 19.3. The maximum atomic E-state index is 12.6. The molecule has 1 aliphatic heterocycles. The maximum absolute atomic E-state index is 12.6. The number of carbonyl (C=O) groups is 1. The van der Waals surface area contributed by atoms with Crippen molar-refractivity contribution in [1.29, 1.82) is 0 Å². The number of hydrogen-bond acceptors (Lipinski definition) is 3. The monoisotopic (exact) mass is 392 g/mol. The zero-order chi connectivity index (χ0) is 20.1. The summed E-state index contributed by atoms with van der Waals surface area (Å²) in [4.78, 5) is 14.9. The molecule has 4 rings (SSSR count). The molecule has 2 amide bonds. The number of aromatic nitrogens is 1. The van der Waals surface area contributed by atoms with E-state index in [-0.39, 0.29) is 12.1 Å². The number of para-hydroxylation sites is 1. The second-order valence-corrected chi connectivity index (χ2v) is 7.49. The first-order valence-corrected chi connectivity index (χ1v) is 10.2. The van der Waals surface area contributed by atoms with Crippen LogP contribution in [-0.4, -0.2) is 43.4 Å². The van der Waals surface area contributed by atoms with Crippen molar-refractivity contribution in [2.24, 2.45) is 0 Å². The molecule has 0 aliphatic carbocycles. The van der Waals surface area contributed by atoms with Gasteiger partial charge in [0.15, 0.2) is 0 Å². The van der Waals surface area contributed by atoms with Gasteiger partial charge in [-0.05, 0) is 48.6 Å². The van der Waals surface area contributed by atoms with Gasteiger partial charge in [-0.1, -0.05) is 24.3 Å². The number of methoxy groups -OCH3 is 1. The molecule has 29 heavy (non-hydrogen) atoms. The van der Waals surface area contributed by atoms with Gasteiger partial charge in [0.05, 0.1) is 12.1 Å². The topological polar surface area (TPSA) is 58.5 Å². The Kier molecular flexibility index (Phi) is 6.00. The van der Waals surface area contributed by atoms with Crippen LogP contribution < -0.4 is 15.5 Å². The summed E-state index contributed by atoms with van der Waals surface area (Å²) in [5.41, 5.74) is 3.09. The van der Waals surface area contributed by atoms with Gasteiger partial charge in [-0.15, -0.1) is 0 Å². The first-order chi connectivity index (χ1) is 14.2. The molecule has 152 valence electrons.